The van der Waals surface area contributed by atoms with Crippen molar-refractivity contribution in [3.8, 4) is 5.75 Å². The summed E-state index contributed by atoms with van der Waals surface area (Å²) in [4.78, 5) is 52.2. The third-order valence-electron chi connectivity index (χ3n) is 6.92. The lowest BCUT2D eigenvalue weighted by Crippen LogP contribution is -2.59. The van der Waals surface area contributed by atoms with E-state index in [9.17, 15) is 51.3 Å². The second kappa shape index (κ2) is 13.4. The van der Waals surface area contributed by atoms with Crippen molar-refractivity contribution in [3.63, 3.8) is 0 Å². The summed E-state index contributed by atoms with van der Waals surface area (Å²) >= 11 is 0. The van der Waals surface area contributed by atoms with Gasteiger partial charge in [0.25, 0.3) is 5.91 Å². The van der Waals surface area contributed by atoms with E-state index in [0.29, 0.717) is 0 Å². The number of halogens is 5. The van der Waals surface area contributed by atoms with E-state index < -0.39 is 113 Å². The number of aliphatic hydroxyl groups is 1. The highest BCUT2D eigenvalue weighted by Gasteiger charge is 2.41. The molecule has 0 aromatic heterocycles. The van der Waals surface area contributed by atoms with Gasteiger partial charge >= 0.3 is 11.9 Å². The van der Waals surface area contributed by atoms with Crippen molar-refractivity contribution in [1.82, 2.24) is 10.6 Å². The third kappa shape index (κ3) is 7.04. The number of para-hydroxylation sites is 1. The molecule has 1 aliphatic rings. The fourth-order valence-electron chi connectivity index (χ4n) is 4.35. The fraction of sp³-hybridized carbons (Fsp3) is 0.429. The molecule has 15 heteroatoms. The highest BCUT2D eigenvalue weighted by Crippen LogP contribution is 2.27. The maximum Gasteiger partial charge on any atom is 0.348 e. The molecule has 0 aliphatic carbocycles. The Morgan fingerprint density at radius 2 is 1.49 bits per heavy atom. The first-order valence-corrected chi connectivity index (χ1v) is 13.0. The molecule has 4 N–H and O–H groups in total. The van der Waals surface area contributed by atoms with Crippen molar-refractivity contribution in [2.75, 3.05) is 0 Å². The SMILES string of the molecule is CC(C)C1OC(=O)[C@H](C)[C@H](O)[C@H](Cc2c(F)c(F)c(F)c(F)c2F)NC(=O)[C@@H](NC(=O)c2ccccc2O)[C@@H](C)OC1=O. The Morgan fingerprint density at radius 3 is 2.05 bits per heavy atom. The third-order valence-corrected chi connectivity index (χ3v) is 6.92. The van der Waals surface area contributed by atoms with Crippen LogP contribution in [0.5, 0.6) is 5.75 Å². The van der Waals surface area contributed by atoms with Gasteiger partial charge in [-0.1, -0.05) is 26.0 Å². The molecule has 0 bridgehead atoms. The lowest BCUT2D eigenvalue weighted by Gasteiger charge is -2.33. The Labute approximate surface area is 242 Å². The second-order valence-corrected chi connectivity index (χ2v) is 10.4. The Morgan fingerprint density at radius 1 is 0.930 bits per heavy atom. The quantitative estimate of drug-likeness (QED) is 0.173. The zero-order valence-corrected chi connectivity index (χ0v) is 23.3. The lowest BCUT2D eigenvalue weighted by molar-refractivity contribution is -0.180. The molecule has 0 saturated carbocycles. The number of aromatic hydroxyl groups is 1. The average Bonchev–Trinajstić information content (AvgIpc) is 2.96. The number of hydrogen-bond donors (Lipinski definition) is 4. The molecule has 1 unspecified atom stereocenters. The number of phenols is 1. The Bertz CT molecular complexity index is 1390. The van der Waals surface area contributed by atoms with Gasteiger partial charge in [0.05, 0.1) is 23.6 Å². The van der Waals surface area contributed by atoms with E-state index in [0.717, 1.165) is 6.92 Å². The maximum absolute atomic E-state index is 14.6. The molecule has 10 nitrogen and oxygen atoms in total. The van der Waals surface area contributed by atoms with Crippen molar-refractivity contribution in [1.29, 1.82) is 0 Å². The van der Waals surface area contributed by atoms with Crippen molar-refractivity contribution in [2.45, 2.75) is 64.5 Å². The van der Waals surface area contributed by atoms with Crippen LogP contribution in [0.1, 0.15) is 43.6 Å². The average molecular weight is 617 g/mol. The summed E-state index contributed by atoms with van der Waals surface area (Å²) in [5.41, 5.74) is -1.69. The van der Waals surface area contributed by atoms with Gasteiger partial charge in [0.1, 0.15) is 17.9 Å². The van der Waals surface area contributed by atoms with Crippen LogP contribution in [0, 0.1) is 40.9 Å². The first-order chi connectivity index (χ1) is 20.1. The molecule has 1 saturated heterocycles. The molecule has 43 heavy (non-hydrogen) atoms. The van der Waals surface area contributed by atoms with Crippen molar-refractivity contribution in [3.05, 3.63) is 64.5 Å². The molecule has 2 aromatic carbocycles. The van der Waals surface area contributed by atoms with Gasteiger partial charge in [-0.25, -0.2) is 26.7 Å². The van der Waals surface area contributed by atoms with E-state index in [1.165, 1.54) is 45.0 Å². The van der Waals surface area contributed by atoms with Crippen molar-refractivity contribution in [2.24, 2.45) is 11.8 Å². The number of cyclic esters (lactones) is 2. The second-order valence-electron chi connectivity index (χ2n) is 10.4. The zero-order valence-electron chi connectivity index (χ0n) is 23.3. The molecule has 2 aromatic rings. The molecule has 0 radical (unpaired) electrons. The summed E-state index contributed by atoms with van der Waals surface area (Å²) in [6, 6.07) is 1.49. The Balaban J connectivity index is 2.10. The summed E-state index contributed by atoms with van der Waals surface area (Å²) in [6.07, 6.45) is -6.36. The summed E-state index contributed by atoms with van der Waals surface area (Å²) in [7, 11) is 0. The highest BCUT2D eigenvalue weighted by atomic mass is 19.2. The summed E-state index contributed by atoms with van der Waals surface area (Å²) in [5.74, 6) is -18.8. The summed E-state index contributed by atoms with van der Waals surface area (Å²) < 4.78 is 81.2. The molecule has 3 rings (SSSR count). The number of esters is 2. The zero-order chi connectivity index (χ0) is 32.3. The van der Waals surface area contributed by atoms with Crippen LogP contribution in [0.25, 0.3) is 0 Å². The van der Waals surface area contributed by atoms with Gasteiger partial charge in [-0.15, -0.1) is 0 Å². The highest BCUT2D eigenvalue weighted by molar-refractivity contribution is 6.00. The number of nitrogens with one attached hydrogen (secondary N) is 2. The number of rotatable bonds is 5. The van der Waals surface area contributed by atoms with Gasteiger partial charge in [-0.2, -0.15) is 0 Å². The normalized spacial score (nSPS) is 25.2. The first-order valence-electron chi connectivity index (χ1n) is 13.0. The molecule has 6 atom stereocenters. The van der Waals surface area contributed by atoms with Gasteiger partial charge in [0.15, 0.2) is 23.3 Å². The van der Waals surface area contributed by atoms with Crippen LogP contribution in [0.4, 0.5) is 22.0 Å². The van der Waals surface area contributed by atoms with E-state index in [4.69, 9.17) is 9.47 Å². The number of ether oxygens (including phenoxy) is 2. The molecule has 0 spiro atoms. The fourth-order valence-corrected chi connectivity index (χ4v) is 4.35. The minimum Gasteiger partial charge on any atom is -0.507 e. The molecular formula is C28H29F5N2O8. The van der Waals surface area contributed by atoms with Crippen LogP contribution < -0.4 is 10.6 Å². The number of carbonyl (C=O) groups excluding carboxylic acids is 4. The molecule has 1 aliphatic heterocycles. The van der Waals surface area contributed by atoms with Gasteiger partial charge in [0.2, 0.25) is 17.8 Å². The van der Waals surface area contributed by atoms with E-state index in [1.54, 1.807) is 0 Å². The van der Waals surface area contributed by atoms with Crippen LogP contribution in [0.3, 0.4) is 0 Å². The van der Waals surface area contributed by atoms with E-state index >= 15 is 0 Å². The van der Waals surface area contributed by atoms with E-state index in [-0.39, 0.29) is 5.56 Å². The van der Waals surface area contributed by atoms with Crippen LogP contribution in [-0.4, -0.2) is 64.4 Å². The van der Waals surface area contributed by atoms with Gasteiger partial charge < -0.3 is 30.3 Å². The number of carbonyl (C=O) groups is 4. The molecule has 1 fully saturated rings. The lowest BCUT2D eigenvalue weighted by atomic mass is 9.91. The van der Waals surface area contributed by atoms with Gasteiger partial charge in [-0.05, 0) is 26.0 Å². The number of benzene rings is 2. The molecule has 2 amide bonds. The smallest absolute Gasteiger partial charge is 0.348 e. The number of phenolic OH excluding ortho intramolecular Hbond substituents is 1. The van der Waals surface area contributed by atoms with E-state index in [2.05, 4.69) is 10.6 Å². The van der Waals surface area contributed by atoms with Crippen LogP contribution in [-0.2, 0) is 30.3 Å². The standard InChI is InChI=1S/C28H29F5N2O8/c1-10(2)24-28(41)42-12(4)22(35-25(38)13-7-5-6-8-16(13)36)26(39)34-15(23(37)11(3)27(40)43-24)9-14-17(29)19(31)21(33)20(32)18(14)30/h5-8,10-12,15,22-24,36-37H,9H2,1-4H3,(H,34,39)(H,35,38)/t11-,12-,15+,22+,23+,24?/m1/s1. The minimum absolute atomic E-state index is 0.291. The molecule has 1 heterocycles. The van der Waals surface area contributed by atoms with E-state index in [1.807, 2.05) is 0 Å². The predicted molar refractivity (Wildman–Crippen MR) is 137 cm³/mol. The molecule has 234 valence electrons. The first kappa shape index (κ1) is 33.2. The van der Waals surface area contributed by atoms with Gasteiger partial charge in [0, 0.05) is 17.9 Å². The monoisotopic (exact) mass is 616 g/mol. The minimum atomic E-state index is -2.43. The molecular weight excluding hydrogens is 587 g/mol. The summed E-state index contributed by atoms with van der Waals surface area (Å²) in [6.45, 7) is 5.25. The summed E-state index contributed by atoms with van der Waals surface area (Å²) in [5, 5.41) is 25.5. The number of amides is 2. The Hall–Kier alpha value is -4.27. The van der Waals surface area contributed by atoms with Crippen LogP contribution >= 0.6 is 0 Å². The largest absolute Gasteiger partial charge is 0.507 e. The van der Waals surface area contributed by atoms with Gasteiger partial charge in [-0.3, -0.25) is 14.4 Å². The van der Waals surface area contributed by atoms with Crippen molar-refractivity contribution >= 4 is 23.8 Å². The number of aliphatic hydroxyl groups excluding tert-OH is 1. The predicted octanol–water partition coefficient (Wildman–Crippen LogP) is 2.42. The number of hydrogen-bond acceptors (Lipinski definition) is 8. The van der Waals surface area contributed by atoms with Crippen LogP contribution in [0.15, 0.2) is 24.3 Å². The van der Waals surface area contributed by atoms with Crippen LogP contribution in [0.2, 0.25) is 0 Å². The maximum atomic E-state index is 14.6. The topological polar surface area (TPSA) is 151 Å². The Kier molecular flexibility index (Phi) is 10.3. The van der Waals surface area contributed by atoms with Crippen molar-refractivity contribution < 1.29 is 60.8 Å².